The van der Waals surface area contributed by atoms with E-state index in [9.17, 15) is 4.39 Å². The molecule has 0 saturated heterocycles. The number of halogens is 3. The van der Waals surface area contributed by atoms with Crippen molar-refractivity contribution in [2.75, 3.05) is 7.11 Å². The Bertz CT molecular complexity index is 267. The molecular formula is C8H10BrClFNO. The highest BCUT2D eigenvalue weighted by Crippen LogP contribution is 2.25. The highest BCUT2D eigenvalue weighted by Gasteiger charge is 2.06. The quantitative estimate of drug-likeness (QED) is 0.896. The Morgan fingerprint density at radius 1 is 1.54 bits per heavy atom. The van der Waals surface area contributed by atoms with Crippen LogP contribution in [0.5, 0.6) is 5.75 Å². The van der Waals surface area contributed by atoms with Crippen LogP contribution in [0.15, 0.2) is 16.6 Å². The van der Waals surface area contributed by atoms with Crippen molar-refractivity contribution < 1.29 is 9.13 Å². The first-order chi connectivity index (χ1) is 5.69. The molecule has 0 bridgehead atoms. The second kappa shape index (κ2) is 5.42. The van der Waals surface area contributed by atoms with Crippen LogP contribution in [0.3, 0.4) is 0 Å². The van der Waals surface area contributed by atoms with Gasteiger partial charge in [-0.25, -0.2) is 4.39 Å². The van der Waals surface area contributed by atoms with E-state index in [1.54, 1.807) is 6.07 Å². The van der Waals surface area contributed by atoms with Crippen molar-refractivity contribution in [3.05, 3.63) is 28.0 Å². The maximum Gasteiger partial charge on any atom is 0.141 e. The lowest BCUT2D eigenvalue weighted by atomic mass is 10.2. The van der Waals surface area contributed by atoms with E-state index in [1.807, 2.05) is 0 Å². The van der Waals surface area contributed by atoms with Gasteiger partial charge >= 0.3 is 0 Å². The number of benzene rings is 1. The van der Waals surface area contributed by atoms with E-state index in [0.717, 1.165) is 5.56 Å². The van der Waals surface area contributed by atoms with Crippen LogP contribution in [0.25, 0.3) is 0 Å². The molecule has 5 heteroatoms. The molecule has 0 saturated carbocycles. The smallest absolute Gasteiger partial charge is 0.141 e. The summed E-state index contributed by atoms with van der Waals surface area (Å²) in [5.74, 6) is 0.141. The second-order valence-corrected chi connectivity index (χ2v) is 3.14. The molecule has 0 unspecified atom stereocenters. The summed E-state index contributed by atoms with van der Waals surface area (Å²) in [6.07, 6.45) is 0. The van der Waals surface area contributed by atoms with Crippen LogP contribution in [0.2, 0.25) is 0 Å². The third kappa shape index (κ3) is 2.83. The first-order valence-electron chi connectivity index (χ1n) is 3.41. The molecular weight excluding hydrogens is 260 g/mol. The van der Waals surface area contributed by atoms with Crippen molar-refractivity contribution in [3.8, 4) is 5.75 Å². The molecule has 1 aromatic rings. The molecule has 0 radical (unpaired) electrons. The van der Waals surface area contributed by atoms with Gasteiger partial charge in [0.05, 0.1) is 11.6 Å². The number of ether oxygens (including phenoxy) is 1. The minimum atomic E-state index is -0.343. The first-order valence-corrected chi connectivity index (χ1v) is 4.20. The number of methoxy groups -OCH3 is 1. The predicted molar refractivity (Wildman–Crippen MR) is 55.8 cm³/mol. The van der Waals surface area contributed by atoms with Gasteiger partial charge in [-0.1, -0.05) is 0 Å². The van der Waals surface area contributed by atoms with Crippen molar-refractivity contribution in [2.24, 2.45) is 5.73 Å². The zero-order valence-electron chi connectivity index (χ0n) is 7.01. The van der Waals surface area contributed by atoms with Crippen LogP contribution in [-0.2, 0) is 6.54 Å². The summed E-state index contributed by atoms with van der Waals surface area (Å²) in [4.78, 5) is 0. The van der Waals surface area contributed by atoms with E-state index in [0.29, 0.717) is 16.8 Å². The van der Waals surface area contributed by atoms with Crippen molar-refractivity contribution >= 4 is 28.3 Å². The maximum absolute atomic E-state index is 12.9. The summed E-state index contributed by atoms with van der Waals surface area (Å²) in [5, 5.41) is 0. The highest BCUT2D eigenvalue weighted by molar-refractivity contribution is 9.10. The van der Waals surface area contributed by atoms with Gasteiger partial charge in [0.1, 0.15) is 11.6 Å². The fourth-order valence-corrected chi connectivity index (χ4v) is 1.31. The second-order valence-electron chi connectivity index (χ2n) is 2.28. The Kier molecular flexibility index (Phi) is 5.29. The topological polar surface area (TPSA) is 35.2 Å². The SMILES string of the molecule is COc1cc(F)c(Br)cc1CN.Cl. The molecule has 0 spiro atoms. The molecule has 0 aliphatic carbocycles. The largest absolute Gasteiger partial charge is 0.496 e. The average Bonchev–Trinajstić information content (AvgIpc) is 2.09. The van der Waals surface area contributed by atoms with Crippen LogP contribution in [0.1, 0.15) is 5.56 Å². The molecule has 0 aliphatic rings. The maximum atomic E-state index is 12.9. The van der Waals surface area contributed by atoms with E-state index in [1.165, 1.54) is 13.2 Å². The monoisotopic (exact) mass is 269 g/mol. The van der Waals surface area contributed by atoms with Gasteiger partial charge in [-0.05, 0) is 22.0 Å². The molecule has 74 valence electrons. The van der Waals surface area contributed by atoms with Crippen molar-refractivity contribution in [3.63, 3.8) is 0 Å². The molecule has 0 aliphatic heterocycles. The third-order valence-corrected chi connectivity index (χ3v) is 2.15. The number of rotatable bonds is 2. The van der Waals surface area contributed by atoms with Gasteiger partial charge in [0.2, 0.25) is 0 Å². The summed E-state index contributed by atoms with van der Waals surface area (Å²) in [6, 6.07) is 2.93. The van der Waals surface area contributed by atoms with Gasteiger partial charge in [0, 0.05) is 18.2 Å². The van der Waals surface area contributed by atoms with Gasteiger partial charge in [-0.2, -0.15) is 0 Å². The van der Waals surface area contributed by atoms with Gasteiger partial charge in [0.25, 0.3) is 0 Å². The zero-order valence-corrected chi connectivity index (χ0v) is 9.41. The summed E-state index contributed by atoms with van der Waals surface area (Å²) < 4.78 is 18.3. The lowest BCUT2D eigenvalue weighted by molar-refractivity contribution is 0.406. The van der Waals surface area contributed by atoms with Gasteiger partial charge < -0.3 is 10.5 Å². The summed E-state index contributed by atoms with van der Waals surface area (Å²) in [7, 11) is 1.49. The molecule has 2 nitrogen and oxygen atoms in total. The Balaban J connectivity index is 0.00000144. The zero-order chi connectivity index (χ0) is 9.14. The van der Waals surface area contributed by atoms with Crippen molar-refractivity contribution in [2.45, 2.75) is 6.54 Å². The van der Waals surface area contributed by atoms with Gasteiger partial charge in [0.15, 0.2) is 0 Å². The van der Waals surface area contributed by atoms with E-state index in [-0.39, 0.29) is 18.2 Å². The highest BCUT2D eigenvalue weighted by atomic mass is 79.9. The van der Waals surface area contributed by atoms with E-state index >= 15 is 0 Å². The minimum absolute atomic E-state index is 0. The Morgan fingerprint density at radius 2 is 2.15 bits per heavy atom. The van der Waals surface area contributed by atoms with Gasteiger partial charge in [-0.15, -0.1) is 12.4 Å². The van der Waals surface area contributed by atoms with Crippen LogP contribution in [0, 0.1) is 5.82 Å². The van der Waals surface area contributed by atoms with Crippen LogP contribution in [-0.4, -0.2) is 7.11 Å². The first kappa shape index (κ1) is 12.7. The van der Waals surface area contributed by atoms with E-state index in [2.05, 4.69) is 15.9 Å². The number of nitrogens with two attached hydrogens (primary N) is 1. The molecule has 0 heterocycles. The molecule has 13 heavy (non-hydrogen) atoms. The standard InChI is InChI=1S/C8H9BrFNO.ClH/c1-12-8-3-7(10)6(9)2-5(8)4-11;/h2-3H,4,11H2,1H3;1H. The number of hydrogen-bond donors (Lipinski definition) is 1. The molecule has 2 N–H and O–H groups in total. The Labute approximate surface area is 90.8 Å². The lowest BCUT2D eigenvalue weighted by Crippen LogP contribution is -2.00. The number of hydrogen-bond acceptors (Lipinski definition) is 2. The lowest BCUT2D eigenvalue weighted by Gasteiger charge is -2.07. The molecule has 0 aromatic heterocycles. The van der Waals surface area contributed by atoms with Crippen LogP contribution in [0.4, 0.5) is 4.39 Å². The molecule has 1 aromatic carbocycles. The normalized spacial score (nSPS) is 9.23. The van der Waals surface area contributed by atoms with E-state index < -0.39 is 0 Å². The van der Waals surface area contributed by atoms with Crippen LogP contribution < -0.4 is 10.5 Å². The van der Waals surface area contributed by atoms with Crippen molar-refractivity contribution in [1.29, 1.82) is 0 Å². The van der Waals surface area contributed by atoms with Gasteiger partial charge in [-0.3, -0.25) is 0 Å². The third-order valence-electron chi connectivity index (χ3n) is 1.54. The Hall–Kier alpha value is -0.320. The fraction of sp³-hybridized carbons (Fsp3) is 0.250. The molecule has 0 amide bonds. The molecule has 0 fully saturated rings. The molecule has 1 rings (SSSR count). The predicted octanol–water partition coefficient (Wildman–Crippen LogP) is 2.48. The van der Waals surface area contributed by atoms with E-state index in [4.69, 9.17) is 10.5 Å². The molecule has 0 atom stereocenters. The minimum Gasteiger partial charge on any atom is -0.496 e. The summed E-state index contributed by atoms with van der Waals surface area (Å²) in [6.45, 7) is 0.335. The van der Waals surface area contributed by atoms with Crippen LogP contribution >= 0.6 is 28.3 Å². The Morgan fingerprint density at radius 3 is 2.62 bits per heavy atom. The summed E-state index contributed by atoms with van der Waals surface area (Å²) in [5.41, 5.74) is 6.21. The average molecular weight is 271 g/mol. The van der Waals surface area contributed by atoms with Crippen molar-refractivity contribution in [1.82, 2.24) is 0 Å². The fourth-order valence-electron chi connectivity index (χ4n) is 0.919. The summed E-state index contributed by atoms with van der Waals surface area (Å²) >= 11 is 3.06.